The van der Waals surface area contributed by atoms with E-state index in [4.69, 9.17) is 10.5 Å². The van der Waals surface area contributed by atoms with E-state index in [1.54, 1.807) is 0 Å². The van der Waals surface area contributed by atoms with Crippen LogP contribution in [0.3, 0.4) is 0 Å². The Hall–Kier alpha value is -2.70. The van der Waals surface area contributed by atoms with Crippen molar-refractivity contribution in [1.82, 2.24) is 10.6 Å². The summed E-state index contributed by atoms with van der Waals surface area (Å²) in [6.45, 7) is 9.51. The largest absolute Gasteiger partial charge is 0.375 e. The van der Waals surface area contributed by atoms with Crippen molar-refractivity contribution in [3.8, 4) is 0 Å². The van der Waals surface area contributed by atoms with Gasteiger partial charge in [-0.15, -0.1) is 0 Å². The number of hydrogen-bond acceptors (Lipinski definition) is 4. The molecular weight excluding hydrogens is 438 g/mol. The Kier molecular flexibility index (Phi) is 12.5. The van der Waals surface area contributed by atoms with Crippen molar-refractivity contribution in [2.24, 2.45) is 23.5 Å². The van der Waals surface area contributed by atoms with Gasteiger partial charge in [0.05, 0.1) is 13.2 Å². The zero-order chi connectivity index (χ0) is 25.6. The number of nitrogens with one attached hydrogen (secondary N) is 2. The standard InChI is InChI=1S/C29H43N3O3/c1-5-22(4)27(29(34)31-18-23-12-8-6-9-13-23)32-28(33)26(21(2)3)17-16-25(30)20-35-19-24-14-10-7-11-15-24/h6-15,21-22,25-27H,5,16-20,30H2,1-4H3,(H,31,34)(H,32,33)/t22?,25?,26-,27?/m0/s1. The van der Waals surface area contributed by atoms with Gasteiger partial charge >= 0.3 is 0 Å². The normalized spacial score (nSPS) is 14.7. The lowest BCUT2D eigenvalue weighted by atomic mass is 9.88. The zero-order valence-electron chi connectivity index (χ0n) is 21.7. The van der Waals surface area contributed by atoms with Crippen molar-refractivity contribution in [3.63, 3.8) is 0 Å². The van der Waals surface area contributed by atoms with E-state index in [1.807, 2.05) is 88.4 Å². The average molecular weight is 482 g/mol. The van der Waals surface area contributed by atoms with Gasteiger partial charge in [-0.1, -0.05) is 94.8 Å². The summed E-state index contributed by atoms with van der Waals surface area (Å²) in [6, 6.07) is 19.1. The molecule has 2 aromatic rings. The highest BCUT2D eigenvalue weighted by molar-refractivity contribution is 5.88. The molecular formula is C29H43N3O3. The van der Waals surface area contributed by atoms with Gasteiger partial charge in [-0.25, -0.2) is 0 Å². The van der Waals surface area contributed by atoms with Crippen LogP contribution in [0.2, 0.25) is 0 Å². The molecule has 0 saturated heterocycles. The number of hydrogen-bond donors (Lipinski definition) is 3. The van der Waals surface area contributed by atoms with Crippen molar-refractivity contribution >= 4 is 11.8 Å². The Labute approximate surface area is 211 Å². The molecule has 192 valence electrons. The van der Waals surface area contributed by atoms with Gasteiger partial charge in [0.1, 0.15) is 6.04 Å². The fraction of sp³-hybridized carbons (Fsp3) is 0.517. The van der Waals surface area contributed by atoms with Gasteiger partial charge in [0.2, 0.25) is 11.8 Å². The van der Waals surface area contributed by atoms with Crippen LogP contribution in [0.15, 0.2) is 60.7 Å². The predicted octanol–water partition coefficient (Wildman–Crippen LogP) is 4.43. The fourth-order valence-corrected chi connectivity index (χ4v) is 4.00. The first-order valence-electron chi connectivity index (χ1n) is 12.8. The molecule has 0 aliphatic carbocycles. The molecule has 2 aromatic carbocycles. The molecule has 2 amide bonds. The molecule has 0 heterocycles. The van der Waals surface area contributed by atoms with Crippen LogP contribution < -0.4 is 16.4 Å². The lowest BCUT2D eigenvalue weighted by Crippen LogP contribution is -2.52. The summed E-state index contributed by atoms with van der Waals surface area (Å²) < 4.78 is 5.76. The van der Waals surface area contributed by atoms with E-state index in [9.17, 15) is 9.59 Å². The van der Waals surface area contributed by atoms with E-state index in [2.05, 4.69) is 10.6 Å². The maximum atomic E-state index is 13.2. The lowest BCUT2D eigenvalue weighted by molar-refractivity contribution is -0.133. The van der Waals surface area contributed by atoms with Crippen molar-refractivity contribution in [1.29, 1.82) is 0 Å². The van der Waals surface area contributed by atoms with E-state index in [1.165, 1.54) is 0 Å². The number of nitrogens with two attached hydrogens (primary N) is 1. The summed E-state index contributed by atoms with van der Waals surface area (Å²) in [5.74, 6) is -0.292. The number of ether oxygens (including phenoxy) is 1. The molecule has 4 N–H and O–H groups in total. The van der Waals surface area contributed by atoms with Crippen LogP contribution in [0.1, 0.15) is 58.1 Å². The first-order chi connectivity index (χ1) is 16.8. The number of benzene rings is 2. The third-order valence-corrected chi connectivity index (χ3v) is 6.54. The molecule has 2 rings (SSSR count). The van der Waals surface area contributed by atoms with E-state index in [0.717, 1.165) is 17.5 Å². The minimum Gasteiger partial charge on any atom is -0.375 e. The van der Waals surface area contributed by atoms with Crippen molar-refractivity contribution < 1.29 is 14.3 Å². The number of carbonyl (C=O) groups excluding carboxylic acids is 2. The van der Waals surface area contributed by atoms with Gasteiger partial charge in [-0.2, -0.15) is 0 Å². The highest BCUT2D eigenvalue weighted by atomic mass is 16.5. The lowest BCUT2D eigenvalue weighted by Gasteiger charge is -2.28. The number of rotatable bonds is 15. The maximum Gasteiger partial charge on any atom is 0.243 e. The smallest absolute Gasteiger partial charge is 0.243 e. The highest BCUT2D eigenvalue weighted by Crippen LogP contribution is 2.20. The van der Waals surface area contributed by atoms with Crippen molar-refractivity contribution in [2.75, 3.05) is 6.61 Å². The summed E-state index contributed by atoms with van der Waals surface area (Å²) in [4.78, 5) is 26.2. The average Bonchev–Trinajstić information content (AvgIpc) is 2.86. The van der Waals surface area contributed by atoms with Crippen LogP contribution in [-0.4, -0.2) is 30.5 Å². The summed E-state index contributed by atoms with van der Waals surface area (Å²) in [5.41, 5.74) is 8.42. The third kappa shape index (κ3) is 10.2. The summed E-state index contributed by atoms with van der Waals surface area (Å²) in [6.07, 6.45) is 2.12. The van der Waals surface area contributed by atoms with Gasteiger partial charge in [0, 0.05) is 18.5 Å². The van der Waals surface area contributed by atoms with E-state index >= 15 is 0 Å². The molecule has 35 heavy (non-hydrogen) atoms. The molecule has 0 saturated carbocycles. The van der Waals surface area contributed by atoms with E-state index < -0.39 is 6.04 Å². The maximum absolute atomic E-state index is 13.2. The SMILES string of the molecule is CCC(C)C(NC(=O)[C@@H](CCC(N)COCc1ccccc1)C(C)C)C(=O)NCc1ccccc1. The van der Waals surface area contributed by atoms with Gasteiger partial charge in [0.15, 0.2) is 0 Å². The van der Waals surface area contributed by atoms with Crippen LogP contribution in [-0.2, 0) is 27.5 Å². The molecule has 3 unspecified atom stereocenters. The Morgan fingerprint density at radius 3 is 2.06 bits per heavy atom. The summed E-state index contributed by atoms with van der Waals surface area (Å²) >= 11 is 0. The fourth-order valence-electron chi connectivity index (χ4n) is 4.00. The molecule has 0 aromatic heterocycles. The molecule has 4 atom stereocenters. The van der Waals surface area contributed by atoms with Crippen molar-refractivity contribution in [3.05, 3.63) is 71.8 Å². The first-order valence-corrected chi connectivity index (χ1v) is 12.8. The molecule has 0 bridgehead atoms. The molecule has 0 aliphatic rings. The zero-order valence-corrected chi connectivity index (χ0v) is 21.7. The Balaban J connectivity index is 1.87. The van der Waals surface area contributed by atoms with Crippen LogP contribution >= 0.6 is 0 Å². The van der Waals surface area contributed by atoms with Crippen molar-refractivity contribution in [2.45, 2.75) is 72.2 Å². The Bertz CT molecular complexity index is 873. The minimum atomic E-state index is -0.569. The molecule has 0 spiro atoms. The second kappa shape index (κ2) is 15.3. The van der Waals surface area contributed by atoms with Gasteiger partial charge in [-0.05, 0) is 35.8 Å². The van der Waals surface area contributed by atoms with E-state index in [-0.39, 0.29) is 35.6 Å². The minimum absolute atomic E-state index is 0.0242. The number of amides is 2. The summed E-state index contributed by atoms with van der Waals surface area (Å²) in [7, 11) is 0. The first kappa shape index (κ1) is 28.5. The predicted molar refractivity (Wildman–Crippen MR) is 141 cm³/mol. The van der Waals surface area contributed by atoms with Crippen LogP contribution in [0.25, 0.3) is 0 Å². The monoisotopic (exact) mass is 481 g/mol. The Morgan fingerprint density at radius 2 is 1.49 bits per heavy atom. The quantitative estimate of drug-likeness (QED) is 0.351. The van der Waals surface area contributed by atoms with E-state index in [0.29, 0.717) is 32.6 Å². The van der Waals surface area contributed by atoms with Crippen LogP contribution in [0.4, 0.5) is 0 Å². The molecule has 6 nitrogen and oxygen atoms in total. The molecule has 0 radical (unpaired) electrons. The molecule has 0 aliphatic heterocycles. The third-order valence-electron chi connectivity index (χ3n) is 6.54. The highest BCUT2D eigenvalue weighted by Gasteiger charge is 2.30. The molecule has 0 fully saturated rings. The van der Waals surface area contributed by atoms with Crippen LogP contribution in [0.5, 0.6) is 0 Å². The van der Waals surface area contributed by atoms with Crippen LogP contribution in [0, 0.1) is 17.8 Å². The second-order valence-corrected chi connectivity index (χ2v) is 9.76. The van der Waals surface area contributed by atoms with Gasteiger partial charge in [0.25, 0.3) is 0 Å². The second-order valence-electron chi connectivity index (χ2n) is 9.76. The Morgan fingerprint density at radius 1 is 0.886 bits per heavy atom. The van der Waals surface area contributed by atoms with Gasteiger partial charge in [-0.3, -0.25) is 9.59 Å². The molecule has 6 heteroatoms. The number of carbonyl (C=O) groups is 2. The van der Waals surface area contributed by atoms with Gasteiger partial charge < -0.3 is 21.1 Å². The topological polar surface area (TPSA) is 93.5 Å². The summed E-state index contributed by atoms with van der Waals surface area (Å²) in [5, 5.41) is 6.04.